The van der Waals surface area contributed by atoms with E-state index in [-0.39, 0.29) is 0 Å². The number of rotatable bonds is 3. The Morgan fingerprint density at radius 2 is 2.29 bits per heavy atom. The molecule has 1 aliphatic heterocycles. The summed E-state index contributed by atoms with van der Waals surface area (Å²) in [5, 5.41) is 11.5. The van der Waals surface area contributed by atoms with Gasteiger partial charge in [0.05, 0.1) is 0 Å². The Morgan fingerprint density at radius 3 is 2.93 bits per heavy atom. The van der Waals surface area contributed by atoms with Crippen LogP contribution in [-0.4, -0.2) is 19.1 Å². The van der Waals surface area contributed by atoms with E-state index in [9.17, 15) is 0 Å². The minimum Gasteiger partial charge on any atom is -0.317 e. The van der Waals surface area contributed by atoms with E-state index in [0.717, 1.165) is 13.1 Å². The maximum Gasteiger partial charge on any atom is 0.0302 e. The van der Waals surface area contributed by atoms with Gasteiger partial charge in [-0.1, -0.05) is 0 Å². The molecule has 0 spiro atoms. The van der Waals surface area contributed by atoms with Crippen molar-refractivity contribution >= 4 is 11.3 Å². The minimum absolute atomic E-state index is 0.504. The van der Waals surface area contributed by atoms with Crippen LogP contribution in [0.1, 0.15) is 31.4 Å². The molecule has 1 aliphatic rings. The van der Waals surface area contributed by atoms with Gasteiger partial charge in [0.2, 0.25) is 0 Å². The van der Waals surface area contributed by atoms with Crippen LogP contribution in [0, 0.1) is 0 Å². The topological polar surface area (TPSA) is 24.1 Å². The molecule has 1 unspecified atom stereocenters. The van der Waals surface area contributed by atoms with Gasteiger partial charge in [-0.2, -0.15) is 11.3 Å². The average molecular weight is 210 g/mol. The molecule has 1 atom stereocenters. The smallest absolute Gasteiger partial charge is 0.0302 e. The van der Waals surface area contributed by atoms with Gasteiger partial charge in [0.1, 0.15) is 0 Å². The van der Waals surface area contributed by atoms with E-state index in [0.29, 0.717) is 12.1 Å². The zero-order valence-corrected chi connectivity index (χ0v) is 9.44. The van der Waals surface area contributed by atoms with Crippen molar-refractivity contribution in [3.8, 4) is 0 Å². The minimum atomic E-state index is 0.504. The van der Waals surface area contributed by atoms with Gasteiger partial charge in [0.25, 0.3) is 0 Å². The van der Waals surface area contributed by atoms with Gasteiger partial charge in [-0.05, 0) is 55.2 Å². The second-order valence-electron chi connectivity index (χ2n) is 3.97. The molecule has 14 heavy (non-hydrogen) atoms. The van der Waals surface area contributed by atoms with Gasteiger partial charge < -0.3 is 10.6 Å². The fourth-order valence-electron chi connectivity index (χ4n) is 1.96. The Labute approximate surface area is 89.7 Å². The zero-order chi connectivity index (χ0) is 9.80. The van der Waals surface area contributed by atoms with Crippen LogP contribution in [0.4, 0.5) is 0 Å². The van der Waals surface area contributed by atoms with Crippen LogP contribution in [0.25, 0.3) is 0 Å². The quantitative estimate of drug-likeness (QED) is 0.799. The summed E-state index contributed by atoms with van der Waals surface area (Å²) >= 11 is 1.78. The Bertz CT molecular complexity index is 252. The number of piperidine rings is 1. The van der Waals surface area contributed by atoms with Gasteiger partial charge in [0, 0.05) is 12.1 Å². The molecule has 2 heterocycles. The van der Waals surface area contributed by atoms with E-state index in [4.69, 9.17) is 0 Å². The third-order valence-electron chi connectivity index (χ3n) is 2.87. The fraction of sp³-hybridized carbons (Fsp3) is 0.636. The molecular formula is C11H18N2S. The predicted molar refractivity (Wildman–Crippen MR) is 61.8 cm³/mol. The Morgan fingerprint density at radius 1 is 1.50 bits per heavy atom. The second kappa shape index (κ2) is 4.91. The lowest BCUT2D eigenvalue weighted by Crippen LogP contribution is -2.40. The third-order valence-corrected chi connectivity index (χ3v) is 3.57. The average Bonchev–Trinajstić information content (AvgIpc) is 2.72. The normalized spacial score (nSPS) is 20.9. The summed E-state index contributed by atoms with van der Waals surface area (Å²) in [6, 6.07) is 3.42. The monoisotopic (exact) mass is 210 g/mol. The molecule has 3 heteroatoms. The summed E-state index contributed by atoms with van der Waals surface area (Å²) in [5.41, 5.74) is 1.42. The molecule has 1 saturated heterocycles. The molecule has 0 aliphatic carbocycles. The maximum absolute atomic E-state index is 3.69. The van der Waals surface area contributed by atoms with Crippen molar-refractivity contribution in [2.75, 3.05) is 13.1 Å². The Kier molecular flexibility index (Phi) is 3.56. The maximum atomic E-state index is 3.69. The molecule has 1 fully saturated rings. The SMILES string of the molecule is CC(NC1CCNCC1)c1ccsc1. The van der Waals surface area contributed by atoms with Gasteiger partial charge in [0.15, 0.2) is 0 Å². The highest BCUT2D eigenvalue weighted by Crippen LogP contribution is 2.17. The van der Waals surface area contributed by atoms with Crippen LogP contribution >= 0.6 is 11.3 Å². The number of hydrogen-bond donors (Lipinski definition) is 2. The van der Waals surface area contributed by atoms with Crippen LogP contribution in [0.15, 0.2) is 16.8 Å². The lowest BCUT2D eigenvalue weighted by atomic mass is 10.0. The molecule has 2 N–H and O–H groups in total. The van der Waals surface area contributed by atoms with Crippen LogP contribution in [0.2, 0.25) is 0 Å². The molecule has 0 saturated carbocycles. The van der Waals surface area contributed by atoms with Crippen molar-refractivity contribution in [3.63, 3.8) is 0 Å². The van der Waals surface area contributed by atoms with E-state index in [1.807, 2.05) is 0 Å². The lowest BCUT2D eigenvalue weighted by Gasteiger charge is -2.27. The standard InChI is InChI=1S/C11H18N2S/c1-9(10-4-7-14-8-10)13-11-2-5-12-6-3-11/h4,7-9,11-13H,2-3,5-6H2,1H3. The molecule has 0 radical (unpaired) electrons. The molecule has 1 aromatic heterocycles. The first-order valence-corrected chi connectivity index (χ1v) is 6.29. The van der Waals surface area contributed by atoms with Crippen molar-refractivity contribution in [2.45, 2.75) is 31.8 Å². The molecule has 0 amide bonds. The molecular weight excluding hydrogens is 192 g/mol. The molecule has 0 bridgehead atoms. The summed E-state index contributed by atoms with van der Waals surface area (Å²) in [6.45, 7) is 4.58. The first kappa shape index (κ1) is 10.1. The summed E-state index contributed by atoms with van der Waals surface area (Å²) in [5.74, 6) is 0. The van der Waals surface area contributed by atoms with Crippen molar-refractivity contribution in [1.82, 2.24) is 10.6 Å². The Hall–Kier alpha value is -0.380. The van der Waals surface area contributed by atoms with E-state index < -0.39 is 0 Å². The van der Waals surface area contributed by atoms with Crippen LogP contribution < -0.4 is 10.6 Å². The fourth-order valence-corrected chi connectivity index (χ4v) is 2.71. The summed E-state index contributed by atoms with van der Waals surface area (Å²) < 4.78 is 0. The number of thiophene rings is 1. The van der Waals surface area contributed by atoms with Gasteiger partial charge in [-0.15, -0.1) is 0 Å². The molecule has 0 aromatic carbocycles. The van der Waals surface area contributed by atoms with Gasteiger partial charge in [-0.3, -0.25) is 0 Å². The molecule has 78 valence electrons. The lowest BCUT2D eigenvalue weighted by molar-refractivity contribution is 0.359. The predicted octanol–water partition coefficient (Wildman–Crippen LogP) is 2.15. The number of nitrogens with one attached hydrogen (secondary N) is 2. The first-order valence-electron chi connectivity index (χ1n) is 5.35. The zero-order valence-electron chi connectivity index (χ0n) is 8.62. The largest absolute Gasteiger partial charge is 0.317 e. The number of hydrogen-bond acceptors (Lipinski definition) is 3. The molecule has 2 rings (SSSR count). The van der Waals surface area contributed by atoms with Gasteiger partial charge in [-0.25, -0.2) is 0 Å². The van der Waals surface area contributed by atoms with Crippen LogP contribution in [-0.2, 0) is 0 Å². The van der Waals surface area contributed by atoms with Crippen LogP contribution in [0.5, 0.6) is 0 Å². The molecule has 1 aromatic rings. The second-order valence-corrected chi connectivity index (χ2v) is 4.75. The summed E-state index contributed by atoms with van der Waals surface area (Å²) in [4.78, 5) is 0. The van der Waals surface area contributed by atoms with E-state index >= 15 is 0 Å². The van der Waals surface area contributed by atoms with E-state index in [1.54, 1.807) is 11.3 Å². The highest BCUT2D eigenvalue weighted by molar-refractivity contribution is 7.07. The Balaban J connectivity index is 1.84. The summed E-state index contributed by atoms with van der Waals surface area (Å²) in [6.07, 6.45) is 2.52. The van der Waals surface area contributed by atoms with Crippen molar-refractivity contribution in [1.29, 1.82) is 0 Å². The first-order chi connectivity index (χ1) is 6.86. The highest BCUT2D eigenvalue weighted by atomic mass is 32.1. The summed E-state index contributed by atoms with van der Waals surface area (Å²) in [7, 11) is 0. The van der Waals surface area contributed by atoms with Crippen molar-refractivity contribution < 1.29 is 0 Å². The molecule has 2 nitrogen and oxygen atoms in total. The van der Waals surface area contributed by atoms with Crippen molar-refractivity contribution in [3.05, 3.63) is 22.4 Å². The van der Waals surface area contributed by atoms with Crippen molar-refractivity contribution in [2.24, 2.45) is 0 Å². The van der Waals surface area contributed by atoms with Gasteiger partial charge >= 0.3 is 0 Å². The van der Waals surface area contributed by atoms with E-state index in [1.165, 1.54) is 18.4 Å². The van der Waals surface area contributed by atoms with E-state index in [2.05, 4.69) is 34.4 Å². The highest BCUT2D eigenvalue weighted by Gasteiger charge is 2.15. The van der Waals surface area contributed by atoms with Crippen LogP contribution in [0.3, 0.4) is 0 Å². The third kappa shape index (κ3) is 2.56.